The van der Waals surface area contributed by atoms with Crippen molar-refractivity contribution < 1.29 is 14.6 Å². The minimum absolute atomic E-state index is 0.0463. The third kappa shape index (κ3) is 2.04. The number of hydrogen-bond acceptors (Lipinski definition) is 4. The highest BCUT2D eigenvalue weighted by Crippen LogP contribution is 2.68. The molecule has 4 fully saturated rings. The lowest BCUT2D eigenvalue weighted by Gasteiger charge is -2.65. The molecule has 1 aromatic carbocycles. The van der Waals surface area contributed by atoms with Crippen LogP contribution in [-0.4, -0.2) is 48.1 Å². The Morgan fingerprint density at radius 2 is 2.15 bits per heavy atom. The molecule has 6 rings (SSSR count). The number of carbonyl (C=O) groups is 1. The molecule has 1 spiro atoms. The number of likely N-dealkylation sites (tertiary alicyclic amines) is 1. The van der Waals surface area contributed by atoms with Gasteiger partial charge in [0, 0.05) is 35.8 Å². The maximum absolute atomic E-state index is 13.1. The fraction of sp³-hybridized carbons (Fsp3) is 0.696. The van der Waals surface area contributed by atoms with Gasteiger partial charge in [0.15, 0.2) is 0 Å². The minimum atomic E-state index is -0.454. The molecule has 27 heavy (non-hydrogen) atoms. The van der Waals surface area contributed by atoms with Crippen molar-refractivity contribution in [3.8, 4) is 5.75 Å². The van der Waals surface area contributed by atoms with Crippen molar-refractivity contribution in [2.75, 3.05) is 20.2 Å². The van der Waals surface area contributed by atoms with Crippen LogP contribution in [-0.2, 0) is 16.6 Å². The first-order valence-corrected chi connectivity index (χ1v) is 10.7. The smallest absolute Gasteiger partial charge is 0.139 e. The standard InChI is InChI=1S/C23H29NO3/c1-27-16-5-4-15-10-23-11-17-19(25)9-21(23)24(13-14-2-3-14)7-6-22(23,12-20(17)26)18(15)8-16/h4-5,8,14,17,19,21,25H,2-3,6-7,9-13H2,1H3. The fourth-order valence-electron chi connectivity index (χ4n) is 7.39. The van der Waals surface area contributed by atoms with Gasteiger partial charge < -0.3 is 9.84 Å². The molecule has 2 bridgehead atoms. The minimum Gasteiger partial charge on any atom is -0.497 e. The number of fused-ring (bicyclic) bond motifs is 2. The van der Waals surface area contributed by atoms with Crippen LogP contribution in [0, 0.1) is 17.3 Å². The summed E-state index contributed by atoms with van der Waals surface area (Å²) in [5.74, 6) is 1.91. The second-order valence-corrected chi connectivity index (χ2v) is 9.90. The number of ketones is 1. The summed E-state index contributed by atoms with van der Waals surface area (Å²) in [4.78, 5) is 15.8. The Morgan fingerprint density at radius 1 is 1.30 bits per heavy atom. The van der Waals surface area contributed by atoms with E-state index in [1.54, 1.807) is 7.11 Å². The zero-order valence-electron chi connectivity index (χ0n) is 16.1. The first-order valence-electron chi connectivity index (χ1n) is 10.7. The number of nitrogens with zero attached hydrogens (tertiary/aromatic N) is 1. The second kappa shape index (κ2) is 5.36. The molecule has 144 valence electrons. The van der Waals surface area contributed by atoms with Crippen molar-refractivity contribution in [1.29, 1.82) is 0 Å². The molecule has 1 aromatic rings. The number of Topliss-reactive ketones (excluding diaryl/α,β-unsaturated/α-hetero) is 1. The van der Waals surface area contributed by atoms with Crippen molar-refractivity contribution in [2.45, 2.75) is 62.5 Å². The van der Waals surface area contributed by atoms with E-state index in [0.717, 1.165) is 43.9 Å². The molecular formula is C23H29NO3. The predicted molar refractivity (Wildman–Crippen MR) is 102 cm³/mol. The highest BCUT2D eigenvalue weighted by molar-refractivity contribution is 5.86. The van der Waals surface area contributed by atoms with Crippen LogP contribution in [0.25, 0.3) is 0 Å². The van der Waals surface area contributed by atoms with Gasteiger partial charge in [0.1, 0.15) is 11.5 Å². The van der Waals surface area contributed by atoms with Crippen molar-refractivity contribution in [3.63, 3.8) is 0 Å². The molecule has 4 nitrogen and oxygen atoms in total. The zero-order valence-corrected chi connectivity index (χ0v) is 16.1. The molecule has 5 atom stereocenters. The van der Waals surface area contributed by atoms with Gasteiger partial charge in [0.25, 0.3) is 0 Å². The third-order valence-electron chi connectivity index (χ3n) is 8.79. The van der Waals surface area contributed by atoms with E-state index >= 15 is 0 Å². The van der Waals surface area contributed by atoms with Crippen LogP contribution in [0.15, 0.2) is 18.2 Å². The molecule has 4 heteroatoms. The summed E-state index contributed by atoms with van der Waals surface area (Å²) in [6.07, 6.45) is 6.67. The normalized spacial score (nSPS) is 42.6. The van der Waals surface area contributed by atoms with Gasteiger partial charge in [-0.25, -0.2) is 0 Å². The van der Waals surface area contributed by atoms with E-state index in [0.29, 0.717) is 18.2 Å². The summed E-state index contributed by atoms with van der Waals surface area (Å²) in [6.45, 7) is 2.25. The van der Waals surface area contributed by atoms with Crippen LogP contribution < -0.4 is 4.74 Å². The number of piperidine rings is 1. The zero-order chi connectivity index (χ0) is 18.4. The quantitative estimate of drug-likeness (QED) is 0.892. The van der Waals surface area contributed by atoms with Crippen molar-refractivity contribution >= 4 is 5.78 Å². The van der Waals surface area contributed by atoms with Gasteiger partial charge >= 0.3 is 0 Å². The van der Waals surface area contributed by atoms with Gasteiger partial charge in [0.2, 0.25) is 0 Å². The van der Waals surface area contributed by atoms with Gasteiger partial charge in [0.05, 0.1) is 13.2 Å². The fourth-order valence-corrected chi connectivity index (χ4v) is 7.39. The summed E-state index contributed by atoms with van der Waals surface area (Å²) < 4.78 is 5.55. The maximum atomic E-state index is 13.1. The summed E-state index contributed by atoms with van der Waals surface area (Å²) in [5.41, 5.74) is 2.86. The molecule has 1 N–H and O–H groups in total. The number of aliphatic hydroxyl groups is 1. The molecule has 0 aromatic heterocycles. The topological polar surface area (TPSA) is 49.8 Å². The summed E-state index contributed by atoms with van der Waals surface area (Å²) in [7, 11) is 1.73. The molecule has 4 aliphatic carbocycles. The molecule has 1 saturated heterocycles. The Balaban J connectivity index is 1.50. The summed E-state index contributed by atoms with van der Waals surface area (Å²) >= 11 is 0. The lowest BCUT2D eigenvalue weighted by atomic mass is 9.44. The van der Waals surface area contributed by atoms with E-state index in [2.05, 4.69) is 23.1 Å². The van der Waals surface area contributed by atoms with Gasteiger partial charge in [-0.3, -0.25) is 9.69 Å². The molecule has 5 unspecified atom stereocenters. The Morgan fingerprint density at radius 3 is 2.93 bits per heavy atom. The van der Waals surface area contributed by atoms with E-state index in [9.17, 15) is 9.90 Å². The van der Waals surface area contributed by atoms with Crippen molar-refractivity contribution in [3.05, 3.63) is 29.3 Å². The molecule has 5 aliphatic rings. The number of ether oxygens (including phenoxy) is 1. The lowest BCUT2D eigenvalue weighted by molar-refractivity contribution is -0.169. The third-order valence-corrected chi connectivity index (χ3v) is 8.79. The van der Waals surface area contributed by atoms with Crippen molar-refractivity contribution in [2.24, 2.45) is 17.3 Å². The van der Waals surface area contributed by atoms with Crippen LogP contribution in [0.5, 0.6) is 5.75 Å². The Bertz CT molecular complexity index is 818. The molecular weight excluding hydrogens is 338 g/mol. The molecule has 3 saturated carbocycles. The van der Waals surface area contributed by atoms with E-state index < -0.39 is 6.10 Å². The first kappa shape index (κ1) is 16.6. The highest BCUT2D eigenvalue weighted by atomic mass is 16.5. The number of aliphatic hydroxyl groups excluding tert-OH is 1. The number of rotatable bonds is 3. The molecule has 0 amide bonds. The number of hydrogen-bond donors (Lipinski definition) is 1. The van der Waals surface area contributed by atoms with Crippen LogP contribution in [0.4, 0.5) is 0 Å². The number of carbonyl (C=O) groups excluding carboxylic acids is 1. The predicted octanol–water partition coefficient (Wildman–Crippen LogP) is 2.70. The van der Waals surface area contributed by atoms with Gasteiger partial charge in [-0.05, 0) is 74.2 Å². The first-order chi connectivity index (χ1) is 13.1. The SMILES string of the molecule is COc1ccc2c(c1)C13CCN(CC4CC4)C4CC(O)C(CC41C2)C(=O)C3. The lowest BCUT2D eigenvalue weighted by Crippen LogP contribution is -2.70. The molecule has 1 aliphatic heterocycles. The highest BCUT2D eigenvalue weighted by Gasteiger charge is 2.70. The van der Waals surface area contributed by atoms with E-state index in [4.69, 9.17) is 4.74 Å². The maximum Gasteiger partial charge on any atom is 0.139 e. The summed E-state index contributed by atoms with van der Waals surface area (Å²) in [6, 6.07) is 6.94. The largest absolute Gasteiger partial charge is 0.497 e. The van der Waals surface area contributed by atoms with Crippen LogP contribution in [0.2, 0.25) is 0 Å². The van der Waals surface area contributed by atoms with E-state index in [-0.39, 0.29) is 16.7 Å². The molecule has 0 radical (unpaired) electrons. The number of benzene rings is 1. The molecule has 1 heterocycles. The number of methoxy groups -OCH3 is 1. The van der Waals surface area contributed by atoms with E-state index in [1.165, 1.54) is 30.5 Å². The Kier molecular flexibility index (Phi) is 3.28. The second-order valence-electron chi connectivity index (χ2n) is 9.90. The Hall–Kier alpha value is -1.39. The average molecular weight is 367 g/mol. The van der Waals surface area contributed by atoms with Gasteiger partial charge in [-0.2, -0.15) is 0 Å². The Labute approximate surface area is 160 Å². The van der Waals surface area contributed by atoms with Crippen LogP contribution >= 0.6 is 0 Å². The van der Waals surface area contributed by atoms with Gasteiger partial charge in [-0.1, -0.05) is 6.07 Å². The van der Waals surface area contributed by atoms with E-state index in [1.807, 2.05) is 0 Å². The summed E-state index contributed by atoms with van der Waals surface area (Å²) in [5, 5.41) is 10.8. The van der Waals surface area contributed by atoms with Crippen molar-refractivity contribution in [1.82, 2.24) is 4.90 Å². The van der Waals surface area contributed by atoms with Gasteiger partial charge in [-0.15, -0.1) is 0 Å². The monoisotopic (exact) mass is 367 g/mol. The van der Waals surface area contributed by atoms with Crippen LogP contribution in [0.3, 0.4) is 0 Å². The van der Waals surface area contributed by atoms with Crippen LogP contribution in [0.1, 0.15) is 49.7 Å². The average Bonchev–Trinajstić information content (AvgIpc) is 3.43.